The highest BCUT2D eigenvalue weighted by Crippen LogP contribution is 2.49. The number of ether oxygens (including phenoxy) is 1. The lowest BCUT2D eigenvalue weighted by Gasteiger charge is -2.51. The van der Waals surface area contributed by atoms with Gasteiger partial charge in [-0.15, -0.1) is 0 Å². The molecule has 1 saturated heterocycles. The molecule has 154 valence electrons. The van der Waals surface area contributed by atoms with Gasteiger partial charge in [-0.05, 0) is 76.8 Å². The highest BCUT2D eigenvalue weighted by atomic mass is 35.5. The van der Waals surface area contributed by atoms with E-state index >= 15 is 0 Å². The predicted molar refractivity (Wildman–Crippen MR) is 119 cm³/mol. The summed E-state index contributed by atoms with van der Waals surface area (Å²) in [5, 5.41) is 14.7. The summed E-state index contributed by atoms with van der Waals surface area (Å²) in [6.45, 7) is 8.27. The summed E-state index contributed by atoms with van der Waals surface area (Å²) < 4.78 is 5.78. The Balaban J connectivity index is 2.01. The van der Waals surface area contributed by atoms with E-state index in [1.807, 2.05) is 30.3 Å². The highest BCUT2D eigenvalue weighted by molar-refractivity contribution is 6.31. The standard InChI is InChI=1S/C23H28ClN3O2/c1-22(2)11-13(12-23(3,4)27(22)28)19-18(29-5)9-8-16-20(19)21(25)15-7-6-14(24)10-17(15)26-16/h6-10,13,28H,11-12H2,1-5H3,(H2,25,26). The van der Waals surface area contributed by atoms with Crippen molar-refractivity contribution in [2.75, 3.05) is 12.8 Å². The van der Waals surface area contributed by atoms with Crippen molar-refractivity contribution in [3.05, 3.63) is 40.9 Å². The van der Waals surface area contributed by atoms with Crippen LogP contribution in [-0.2, 0) is 0 Å². The Morgan fingerprint density at radius 1 is 1.10 bits per heavy atom. The fourth-order valence-corrected chi connectivity index (χ4v) is 5.28. The van der Waals surface area contributed by atoms with Gasteiger partial charge in [-0.25, -0.2) is 4.98 Å². The van der Waals surface area contributed by atoms with Crippen LogP contribution in [0, 0.1) is 0 Å². The maximum absolute atomic E-state index is 10.7. The SMILES string of the molecule is COc1ccc2nc3cc(Cl)ccc3c(N)c2c1C1CC(C)(C)N(O)C(C)(C)C1. The van der Waals surface area contributed by atoms with Crippen molar-refractivity contribution in [1.82, 2.24) is 10.0 Å². The molecule has 5 nitrogen and oxygen atoms in total. The molecule has 4 rings (SSSR count). The van der Waals surface area contributed by atoms with Crippen LogP contribution < -0.4 is 10.5 Å². The van der Waals surface area contributed by atoms with E-state index < -0.39 is 0 Å². The number of pyridine rings is 1. The van der Waals surface area contributed by atoms with Crippen molar-refractivity contribution in [1.29, 1.82) is 0 Å². The lowest BCUT2D eigenvalue weighted by molar-refractivity contribution is -0.245. The van der Waals surface area contributed by atoms with Crippen LogP contribution >= 0.6 is 11.6 Å². The Hall–Kier alpha value is -2.08. The number of halogens is 1. The number of aromatic nitrogens is 1. The van der Waals surface area contributed by atoms with E-state index in [-0.39, 0.29) is 17.0 Å². The quantitative estimate of drug-likeness (QED) is 0.522. The zero-order chi connectivity index (χ0) is 21.1. The molecular formula is C23H28ClN3O2. The lowest BCUT2D eigenvalue weighted by atomic mass is 9.71. The fourth-order valence-electron chi connectivity index (χ4n) is 5.11. The fraction of sp³-hybridized carbons (Fsp3) is 0.435. The van der Waals surface area contributed by atoms with Crippen molar-refractivity contribution in [3.63, 3.8) is 0 Å². The Labute approximate surface area is 176 Å². The van der Waals surface area contributed by atoms with Crippen LogP contribution in [0.1, 0.15) is 52.0 Å². The number of piperidine rings is 1. The second-order valence-corrected chi connectivity index (χ2v) is 9.74. The number of methoxy groups -OCH3 is 1. The normalized spacial score (nSPS) is 19.7. The van der Waals surface area contributed by atoms with E-state index in [0.29, 0.717) is 10.7 Å². The number of hydrogen-bond acceptors (Lipinski definition) is 5. The van der Waals surface area contributed by atoms with Crippen molar-refractivity contribution in [3.8, 4) is 5.75 Å². The first-order valence-corrected chi connectivity index (χ1v) is 10.3. The molecule has 0 unspecified atom stereocenters. The van der Waals surface area contributed by atoms with Gasteiger partial charge in [0.25, 0.3) is 0 Å². The van der Waals surface area contributed by atoms with Crippen molar-refractivity contribution in [2.45, 2.75) is 57.5 Å². The minimum absolute atomic E-state index is 0.163. The van der Waals surface area contributed by atoms with E-state index in [4.69, 9.17) is 27.1 Å². The maximum Gasteiger partial charge on any atom is 0.123 e. The first-order chi connectivity index (χ1) is 13.5. The molecule has 1 aliphatic heterocycles. The van der Waals surface area contributed by atoms with Gasteiger partial charge in [0.15, 0.2) is 0 Å². The first-order valence-electron chi connectivity index (χ1n) is 9.90. The molecule has 0 amide bonds. The molecular weight excluding hydrogens is 386 g/mol. The molecule has 0 atom stereocenters. The third-order valence-corrected chi connectivity index (χ3v) is 6.45. The second-order valence-electron chi connectivity index (χ2n) is 9.30. The number of benzene rings is 2. The number of fused-ring (bicyclic) bond motifs is 2. The third-order valence-electron chi connectivity index (χ3n) is 6.21. The molecule has 0 radical (unpaired) electrons. The lowest BCUT2D eigenvalue weighted by Crippen LogP contribution is -2.58. The van der Waals surface area contributed by atoms with Crippen molar-refractivity contribution >= 4 is 39.1 Å². The number of hydrogen-bond donors (Lipinski definition) is 2. The summed E-state index contributed by atoms with van der Waals surface area (Å²) in [6, 6.07) is 9.52. The largest absolute Gasteiger partial charge is 0.496 e. The van der Waals surface area contributed by atoms with E-state index in [1.165, 1.54) is 5.06 Å². The maximum atomic E-state index is 10.7. The number of rotatable bonds is 2. The number of hydroxylamine groups is 2. The molecule has 0 saturated carbocycles. The topological polar surface area (TPSA) is 71.6 Å². The molecule has 0 spiro atoms. The summed E-state index contributed by atoms with van der Waals surface area (Å²) in [5.74, 6) is 0.971. The number of anilines is 1. The van der Waals surface area contributed by atoms with E-state index in [9.17, 15) is 5.21 Å². The van der Waals surface area contributed by atoms with Crippen LogP contribution in [0.4, 0.5) is 5.69 Å². The van der Waals surface area contributed by atoms with Crippen LogP contribution in [0.15, 0.2) is 30.3 Å². The smallest absolute Gasteiger partial charge is 0.123 e. The van der Waals surface area contributed by atoms with Crippen LogP contribution in [0.25, 0.3) is 21.8 Å². The molecule has 0 aliphatic carbocycles. The molecule has 3 aromatic rings. The zero-order valence-electron chi connectivity index (χ0n) is 17.6. The Morgan fingerprint density at radius 3 is 2.38 bits per heavy atom. The number of nitrogens with zero attached hydrogens (tertiary/aromatic N) is 2. The Bertz CT molecular complexity index is 1090. The van der Waals surface area contributed by atoms with E-state index in [2.05, 4.69) is 27.7 Å². The highest BCUT2D eigenvalue weighted by Gasteiger charge is 2.46. The van der Waals surface area contributed by atoms with Gasteiger partial charge in [0.2, 0.25) is 0 Å². The van der Waals surface area contributed by atoms with Gasteiger partial charge in [-0.3, -0.25) is 0 Å². The van der Waals surface area contributed by atoms with Gasteiger partial charge in [-0.1, -0.05) is 11.6 Å². The van der Waals surface area contributed by atoms with Crippen molar-refractivity contribution < 1.29 is 9.94 Å². The van der Waals surface area contributed by atoms with Crippen LogP contribution in [0.2, 0.25) is 5.02 Å². The summed E-state index contributed by atoms with van der Waals surface area (Å²) in [5.41, 5.74) is 9.31. The molecule has 3 N–H and O–H groups in total. The van der Waals surface area contributed by atoms with Gasteiger partial charge < -0.3 is 15.7 Å². The summed E-state index contributed by atoms with van der Waals surface area (Å²) in [4.78, 5) is 4.84. The molecule has 2 heterocycles. The number of nitrogens with two attached hydrogens (primary N) is 1. The molecule has 0 bridgehead atoms. The van der Waals surface area contributed by atoms with Gasteiger partial charge in [-0.2, -0.15) is 5.06 Å². The van der Waals surface area contributed by atoms with Crippen LogP contribution in [0.3, 0.4) is 0 Å². The molecule has 6 heteroatoms. The summed E-state index contributed by atoms with van der Waals surface area (Å²) in [6.07, 6.45) is 1.56. The van der Waals surface area contributed by atoms with Gasteiger partial charge in [0.1, 0.15) is 5.75 Å². The number of nitrogen functional groups attached to an aromatic ring is 1. The summed E-state index contributed by atoms with van der Waals surface area (Å²) in [7, 11) is 1.69. The monoisotopic (exact) mass is 413 g/mol. The predicted octanol–water partition coefficient (Wildman–Crippen LogP) is 5.76. The molecule has 1 aromatic heterocycles. The zero-order valence-corrected chi connectivity index (χ0v) is 18.3. The van der Waals surface area contributed by atoms with Gasteiger partial charge in [0.05, 0.1) is 23.8 Å². The molecule has 1 fully saturated rings. The molecule has 1 aliphatic rings. The average molecular weight is 414 g/mol. The van der Waals surface area contributed by atoms with Crippen molar-refractivity contribution in [2.24, 2.45) is 0 Å². The third kappa shape index (κ3) is 3.21. The van der Waals surface area contributed by atoms with E-state index in [1.54, 1.807) is 7.11 Å². The van der Waals surface area contributed by atoms with E-state index in [0.717, 1.165) is 46.0 Å². The Morgan fingerprint density at radius 2 is 1.76 bits per heavy atom. The minimum Gasteiger partial charge on any atom is -0.496 e. The first kappa shape index (κ1) is 20.2. The van der Waals surface area contributed by atoms with Gasteiger partial charge >= 0.3 is 0 Å². The minimum atomic E-state index is -0.383. The summed E-state index contributed by atoms with van der Waals surface area (Å²) >= 11 is 6.17. The second kappa shape index (κ2) is 6.73. The Kier molecular flexibility index (Phi) is 4.69. The van der Waals surface area contributed by atoms with Crippen LogP contribution in [-0.4, -0.2) is 33.4 Å². The van der Waals surface area contributed by atoms with Crippen LogP contribution in [0.5, 0.6) is 5.75 Å². The molecule has 29 heavy (non-hydrogen) atoms. The van der Waals surface area contributed by atoms with Gasteiger partial charge in [0, 0.05) is 32.4 Å². The average Bonchev–Trinajstić information content (AvgIpc) is 2.64. The molecule has 2 aromatic carbocycles.